The Balaban J connectivity index is 1.89. The molecule has 3 rings (SSSR count). The first-order valence-corrected chi connectivity index (χ1v) is 10.8. The van der Waals surface area contributed by atoms with Gasteiger partial charge < -0.3 is 15.5 Å². The van der Waals surface area contributed by atoms with Gasteiger partial charge in [0.25, 0.3) is 0 Å². The molecule has 200 valence electrons. The number of aliphatic hydroxyl groups is 2. The van der Waals surface area contributed by atoms with Gasteiger partial charge >= 0.3 is 18.0 Å². The number of hydrogen-bond acceptors (Lipinski definition) is 5. The highest BCUT2D eigenvalue weighted by Gasteiger charge is 2.39. The molecule has 0 aliphatic heterocycles. The molecule has 15 heteroatoms. The Hall–Kier alpha value is -3.36. The van der Waals surface area contributed by atoms with E-state index < -0.39 is 61.4 Å². The molecule has 3 N–H and O–H groups in total. The van der Waals surface area contributed by atoms with Crippen molar-refractivity contribution < 1.29 is 41.4 Å². The summed E-state index contributed by atoms with van der Waals surface area (Å²) in [6.45, 7) is -2.85. The van der Waals surface area contributed by atoms with Gasteiger partial charge in [0, 0.05) is 10.6 Å². The lowest BCUT2D eigenvalue weighted by Gasteiger charge is -2.18. The van der Waals surface area contributed by atoms with Gasteiger partial charge in [0.15, 0.2) is 11.9 Å². The highest BCUT2D eigenvalue weighted by molar-refractivity contribution is 6.30. The van der Waals surface area contributed by atoms with Crippen LogP contribution in [0, 0.1) is 0 Å². The lowest BCUT2D eigenvalue weighted by atomic mass is 10.0. The van der Waals surface area contributed by atoms with E-state index in [4.69, 9.17) is 11.6 Å². The maximum atomic E-state index is 13.0. The molecule has 37 heavy (non-hydrogen) atoms. The van der Waals surface area contributed by atoms with Crippen LogP contribution in [-0.4, -0.2) is 49.4 Å². The van der Waals surface area contributed by atoms with Crippen molar-refractivity contribution >= 4 is 17.5 Å². The van der Waals surface area contributed by atoms with Gasteiger partial charge in [-0.25, -0.2) is 9.48 Å². The maximum absolute atomic E-state index is 13.0. The van der Waals surface area contributed by atoms with Crippen LogP contribution in [0.1, 0.15) is 17.2 Å². The number of benzene rings is 2. The zero-order chi connectivity index (χ0) is 27.5. The van der Waals surface area contributed by atoms with E-state index in [2.05, 4.69) is 10.4 Å². The van der Waals surface area contributed by atoms with Crippen molar-refractivity contribution in [1.82, 2.24) is 19.7 Å². The first kappa shape index (κ1) is 28.2. The highest BCUT2D eigenvalue weighted by Crippen LogP contribution is 2.31. The first-order valence-electron chi connectivity index (χ1n) is 10.5. The van der Waals surface area contributed by atoms with E-state index in [1.807, 2.05) is 0 Å². The van der Waals surface area contributed by atoms with Crippen LogP contribution in [0.25, 0.3) is 11.4 Å². The minimum absolute atomic E-state index is 0.0706. The molecule has 2 atom stereocenters. The number of halogens is 7. The summed E-state index contributed by atoms with van der Waals surface area (Å²) in [6.07, 6.45) is -12.6. The van der Waals surface area contributed by atoms with E-state index >= 15 is 0 Å². The highest BCUT2D eigenvalue weighted by atomic mass is 35.5. The maximum Gasteiger partial charge on any atom is 0.416 e. The van der Waals surface area contributed by atoms with E-state index in [9.17, 15) is 46.1 Å². The van der Waals surface area contributed by atoms with E-state index in [1.54, 1.807) is 0 Å². The van der Waals surface area contributed by atoms with Crippen molar-refractivity contribution in [2.45, 2.75) is 37.6 Å². The number of nitrogens with zero attached hydrogens (tertiary/aromatic N) is 3. The topological polar surface area (TPSA) is 109 Å². The van der Waals surface area contributed by atoms with E-state index in [0.717, 1.165) is 18.2 Å². The van der Waals surface area contributed by atoms with Gasteiger partial charge in [-0.15, -0.1) is 5.10 Å². The molecule has 0 radical (unpaired) electrons. The molecule has 0 fully saturated rings. The molecule has 1 amide bonds. The van der Waals surface area contributed by atoms with Crippen LogP contribution >= 0.6 is 11.6 Å². The fraction of sp³-hybridized carbons (Fsp3) is 0.318. The third-order valence-electron chi connectivity index (χ3n) is 5.19. The van der Waals surface area contributed by atoms with Crippen LogP contribution < -0.4 is 11.0 Å². The van der Waals surface area contributed by atoms with Crippen molar-refractivity contribution in [3.05, 3.63) is 75.2 Å². The summed E-state index contributed by atoms with van der Waals surface area (Å²) in [5.41, 5.74) is -2.09. The molecule has 1 heterocycles. The number of aliphatic hydroxyl groups excluding tert-OH is 2. The number of rotatable bonds is 8. The fourth-order valence-electron chi connectivity index (χ4n) is 3.34. The van der Waals surface area contributed by atoms with Gasteiger partial charge in [0.2, 0.25) is 5.91 Å². The average molecular weight is 553 g/mol. The minimum Gasteiger partial charge on any atom is -0.394 e. The Bertz CT molecular complexity index is 1300. The van der Waals surface area contributed by atoms with Gasteiger partial charge in [-0.05, 0) is 42.0 Å². The summed E-state index contributed by atoms with van der Waals surface area (Å²) < 4.78 is 78.9. The molecule has 0 saturated heterocycles. The Labute approximate surface area is 209 Å². The Morgan fingerprint density at radius 3 is 2.30 bits per heavy atom. The molecule has 2 aromatic carbocycles. The minimum atomic E-state index is -5.05. The second-order valence-electron chi connectivity index (χ2n) is 7.86. The largest absolute Gasteiger partial charge is 0.416 e. The van der Waals surface area contributed by atoms with E-state index in [-0.39, 0.29) is 22.0 Å². The fourth-order valence-corrected chi connectivity index (χ4v) is 3.47. The molecule has 0 saturated carbocycles. The molecule has 0 aliphatic carbocycles. The molecule has 0 spiro atoms. The van der Waals surface area contributed by atoms with Crippen molar-refractivity contribution in [1.29, 1.82) is 0 Å². The quantitative estimate of drug-likeness (QED) is 0.372. The van der Waals surface area contributed by atoms with Crippen molar-refractivity contribution in [2.24, 2.45) is 0 Å². The van der Waals surface area contributed by atoms with Crippen LogP contribution in [0.2, 0.25) is 5.02 Å². The van der Waals surface area contributed by atoms with Crippen LogP contribution in [0.4, 0.5) is 26.3 Å². The number of carbonyl (C=O) groups is 1. The SMILES string of the molecule is O=C(Cn1nc(-c2ccc(Cl)cc2)n(C[C@H](O)C(F)(F)F)c1=O)NC(CO)c1cccc(C(F)(F)F)c1. The second kappa shape index (κ2) is 10.9. The van der Waals surface area contributed by atoms with Gasteiger partial charge in [-0.2, -0.15) is 26.3 Å². The zero-order valence-electron chi connectivity index (χ0n) is 18.6. The Morgan fingerprint density at radius 1 is 1.08 bits per heavy atom. The number of carbonyl (C=O) groups excluding carboxylic acids is 1. The van der Waals surface area contributed by atoms with Gasteiger partial charge in [-0.1, -0.05) is 23.7 Å². The number of alkyl halides is 6. The number of hydrogen-bond donors (Lipinski definition) is 3. The number of amides is 1. The number of nitrogens with one attached hydrogen (secondary N) is 1. The first-order chi connectivity index (χ1) is 17.2. The monoisotopic (exact) mass is 552 g/mol. The molecular formula is C22H19ClF6N4O4. The van der Waals surface area contributed by atoms with Crippen molar-refractivity contribution in [2.75, 3.05) is 6.61 Å². The number of aromatic nitrogens is 3. The van der Waals surface area contributed by atoms with Crippen molar-refractivity contribution in [3.63, 3.8) is 0 Å². The summed E-state index contributed by atoms with van der Waals surface area (Å²) >= 11 is 5.82. The van der Waals surface area contributed by atoms with E-state index in [0.29, 0.717) is 9.25 Å². The van der Waals surface area contributed by atoms with Crippen LogP contribution in [0.15, 0.2) is 53.3 Å². The normalized spacial score (nSPS) is 13.9. The third-order valence-corrected chi connectivity index (χ3v) is 5.44. The van der Waals surface area contributed by atoms with Crippen LogP contribution in [-0.2, 0) is 24.1 Å². The zero-order valence-corrected chi connectivity index (χ0v) is 19.3. The summed E-state index contributed by atoms with van der Waals surface area (Å²) in [7, 11) is 0. The average Bonchev–Trinajstić information content (AvgIpc) is 3.11. The summed E-state index contributed by atoms with van der Waals surface area (Å²) in [5.74, 6) is -1.27. The molecule has 1 unspecified atom stereocenters. The molecule has 8 nitrogen and oxygen atoms in total. The van der Waals surface area contributed by atoms with E-state index in [1.165, 1.54) is 30.3 Å². The van der Waals surface area contributed by atoms with Crippen LogP contribution in [0.3, 0.4) is 0 Å². The van der Waals surface area contributed by atoms with Gasteiger partial charge in [0.1, 0.15) is 6.54 Å². The lowest BCUT2D eigenvalue weighted by molar-refractivity contribution is -0.207. The predicted octanol–water partition coefficient (Wildman–Crippen LogP) is 3.16. The van der Waals surface area contributed by atoms with Gasteiger partial charge in [-0.3, -0.25) is 9.36 Å². The molecule has 0 bridgehead atoms. The van der Waals surface area contributed by atoms with Gasteiger partial charge in [0.05, 0.1) is 24.8 Å². The lowest BCUT2D eigenvalue weighted by Crippen LogP contribution is -2.39. The Morgan fingerprint density at radius 2 is 1.73 bits per heavy atom. The Kier molecular flexibility index (Phi) is 8.35. The standard InChI is InChI=1S/C22H19ClF6N4O4/c23-15-6-4-12(5-7-15)19-31-33(20(37)32(19)9-17(35)22(27,28)29)10-18(36)30-16(11-34)13-2-1-3-14(8-13)21(24,25)26/h1-8,16-17,34-35H,9-11H2,(H,30,36)/t16?,17-/m0/s1. The summed E-state index contributed by atoms with van der Waals surface area (Å²) in [4.78, 5) is 25.4. The summed E-state index contributed by atoms with van der Waals surface area (Å²) in [5, 5.41) is 25.6. The molecule has 3 aromatic rings. The van der Waals surface area contributed by atoms with Crippen LogP contribution in [0.5, 0.6) is 0 Å². The smallest absolute Gasteiger partial charge is 0.394 e. The van der Waals surface area contributed by atoms with Crippen molar-refractivity contribution in [3.8, 4) is 11.4 Å². The summed E-state index contributed by atoms with van der Waals surface area (Å²) in [6, 6.07) is 8.09. The second-order valence-corrected chi connectivity index (χ2v) is 8.30. The molecule has 1 aromatic heterocycles. The predicted molar refractivity (Wildman–Crippen MR) is 118 cm³/mol. The third kappa shape index (κ3) is 6.90. The molecular weight excluding hydrogens is 534 g/mol. The molecule has 0 aliphatic rings.